The largest absolute Gasteiger partial charge is 0.423 e. The van der Waals surface area contributed by atoms with Crippen molar-refractivity contribution in [1.29, 1.82) is 5.26 Å². The average molecular weight is 493 g/mol. The lowest BCUT2D eigenvalue weighted by atomic mass is 10.0. The van der Waals surface area contributed by atoms with E-state index >= 15 is 0 Å². The molecule has 0 unspecified atom stereocenters. The van der Waals surface area contributed by atoms with Gasteiger partial charge >= 0.3 is 5.97 Å². The highest BCUT2D eigenvalue weighted by Gasteiger charge is 2.26. The lowest BCUT2D eigenvalue weighted by Crippen LogP contribution is -2.40. The Morgan fingerprint density at radius 3 is 2.43 bits per heavy atom. The van der Waals surface area contributed by atoms with E-state index in [0.717, 1.165) is 0 Å². The van der Waals surface area contributed by atoms with E-state index in [4.69, 9.17) is 9.47 Å². The summed E-state index contributed by atoms with van der Waals surface area (Å²) >= 11 is 0. The maximum absolute atomic E-state index is 14.1. The fourth-order valence-corrected chi connectivity index (χ4v) is 4.96. The van der Waals surface area contributed by atoms with Crippen molar-refractivity contribution in [3.63, 3.8) is 0 Å². The third kappa shape index (κ3) is 5.63. The number of rotatable bonds is 6. The number of ether oxygens (including phenoxy) is 2. The second kappa shape index (κ2) is 10.6. The number of carbonyl (C=O) groups excluding carboxylic acids is 1. The number of sulfonamides is 1. The number of hydrogen-bond acceptors (Lipinski definition) is 6. The molecule has 3 aromatic rings. The zero-order valence-electron chi connectivity index (χ0n) is 18.6. The maximum Gasteiger partial charge on any atom is 0.343 e. The molecule has 0 N–H and O–H groups in total. The second-order valence-electron chi connectivity index (χ2n) is 7.65. The van der Waals surface area contributed by atoms with E-state index in [2.05, 4.69) is 0 Å². The van der Waals surface area contributed by atoms with Crippen molar-refractivity contribution in [2.24, 2.45) is 0 Å². The molecule has 1 saturated heterocycles. The average Bonchev–Trinajstić information content (AvgIpc) is 2.88. The number of allylic oxidation sites excluding steroid dienone is 1. The second-order valence-corrected chi connectivity index (χ2v) is 9.59. The zero-order chi connectivity index (χ0) is 24.8. The number of nitriles is 1. The van der Waals surface area contributed by atoms with Crippen LogP contribution in [0.15, 0.2) is 77.7 Å². The molecule has 0 aliphatic carbocycles. The van der Waals surface area contributed by atoms with Crippen molar-refractivity contribution >= 4 is 27.6 Å². The van der Waals surface area contributed by atoms with Crippen LogP contribution in [0.3, 0.4) is 0 Å². The van der Waals surface area contributed by atoms with Crippen LogP contribution in [0.2, 0.25) is 0 Å². The molecular weight excluding hydrogens is 471 g/mol. The van der Waals surface area contributed by atoms with Gasteiger partial charge in [0.25, 0.3) is 0 Å². The molecule has 3 aromatic carbocycles. The highest BCUT2D eigenvalue weighted by atomic mass is 32.2. The van der Waals surface area contributed by atoms with Gasteiger partial charge in [-0.2, -0.15) is 9.57 Å². The number of nitrogens with zero attached hydrogens (tertiary/aromatic N) is 2. The molecule has 0 bridgehead atoms. The standard InChI is InChI=1S/C26H21FN2O5S/c27-25-7-2-1-6-24(25)21(18-28)16-19-4-3-5-22(17-19)34-26(30)20-8-10-23(11-9-20)35(31,32)29-12-14-33-15-13-29/h1-11,16-17H,12-15H2/b21-16-. The first-order chi connectivity index (χ1) is 16.9. The van der Waals surface area contributed by atoms with Crippen LogP contribution >= 0.6 is 0 Å². The van der Waals surface area contributed by atoms with Crippen molar-refractivity contribution < 1.29 is 27.1 Å². The van der Waals surface area contributed by atoms with Crippen LogP contribution in [-0.4, -0.2) is 45.0 Å². The Bertz CT molecular complexity index is 1410. The Morgan fingerprint density at radius 1 is 1.03 bits per heavy atom. The summed E-state index contributed by atoms with van der Waals surface area (Å²) in [5.41, 5.74) is 1.02. The topological polar surface area (TPSA) is 96.7 Å². The zero-order valence-corrected chi connectivity index (χ0v) is 19.4. The van der Waals surface area contributed by atoms with Crippen LogP contribution in [-0.2, 0) is 14.8 Å². The molecule has 0 saturated carbocycles. The minimum atomic E-state index is -3.67. The predicted molar refractivity (Wildman–Crippen MR) is 127 cm³/mol. The Balaban J connectivity index is 1.49. The minimum Gasteiger partial charge on any atom is -0.423 e. The number of esters is 1. The Hall–Kier alpha value is -3.84. The monoisotopic (exact) mass is 492 g/mol. The molecule has 0 atom stereocenters. The fraction of sp³-hybridized carbons (Fsp3) is 0.154. The van der Waals surface area contributed by atoms with Gasteiger partial charge in [-0.15, -0.1) is 0 Å². The predicted octanol–water partition coefficient (Wildman–Crippen LogP) is 4.13. The van der Waals surface area contributed by atoms with E-state index in [0.29, 0.717) is 18.8 Å². The minimum absolute atomic E-state index is 0.0836. The van der Waals surface area contributed by atoms with Crippen molar-refractivity contribution in [2.75, 3.05) is 26.3 Å². The van der Waals surface area contributed by atoms with E-state index in [-0.39, 0.29) is 40.4 Å². The Labute approximate surface area is 202 Å². The summed E-state index contributed by atoms with van der Waals surface area (Å²) in [5, 5.41) is 9.47. The Morgan fingerprint density at radius 2 is 1.74 bits per heavy atom. The van der Waals surface area contributed by atoms with Crippen LogP contribution in [0.4, 0.5) is 4.39 Å². The lowest BCUT2D eigenvalue weighted by Gasteiger charge is -2.26. The van der Waals surface area contributed by atoms with Crippen LogP contribution in [0.25, 0.3) is 11.6 Å². The molecule has 1 heterocycles. The van der Waals surface area contributed by atoms with Crippen molar-refractivity contribution in [1.82, 2.24) is 4.31 Å². The summed E-state index contributed by atoms with van der Waals surface area (Å²) < 4.78 is 51.5. The van der Waals surface area contributed by atoms with Gasteiger partial charge in [-0.1, -0.05) is 30.3 Å². The first-order valence-electron chi connectivity index (χ1n) is 10.8. The molecule has 178 valence electrons. The Kier molecular flexibility index (Phi) is 7.36. The third-order valence-electron chi connectivity index (χ3n) is 5.36. The fourth-order valence-electron chi connectivity index (χ4n) is 3.55. The summed E-state index contributed by atoms with van der Waals surface area (Å²) in [6.45, 7) is 1.24. The van der Waals surface area contributed by atoms with E-state index in [1.54, 1.807) is 36.4 Å². The van der Waals surface area contributed by atoms with Crippen LogP contribution in [0.5, 0.6) is 5.75 Å². The first kappa shape index (κ1) is 24.3. The molecule has 35 heavy (non-hydrogen) atoms. The van der Waals surface area contributed by atoms with Gasteiger partial charge in [-0.25, -0.2) is 17.6 Å². The van der Waals surface area contributed by atoms with Gasteiger partial charge in [0.1, 0.15) is 11.6 Å². The number of hydrogen-bond donors (Lipinski definition) is 0. The van der Waals surface area contributed by atoms with Gasteiger partial charge in [-0.05, 0) is 54.1 Å². The highest BCUT2D eigenvalue weighted by molar-refractivity contribution is 7.89. The molecule has 7 nitrogen and oxygen atoms in total. The van der Waals surface area contributed by atoms with Crippen molar-refractivity contribution in [2.45, 2.75) is 4.90 Å². The van der Waals surface area contributed by atoms with Gasteiger partial charge in [0, 0.05) is 18.7 Å². The quantitative estimate of drug-likeness (QED) is 0.222. The number of carbonyl (C=O) groups is 1. The summed E-state index contributed by atoms with van der Waals surface area (Å²) in [7, 11) is -3.67. The van der Waals surface area contributed by atoms with E-state index in [9.17, 15) is 22.9 Å². The normalized spacial score (nSPS) is 14.8. The van der Waals surface area contributed by atoms with Crippen LogP contribution < -0.4 is 4.74 Å². The molecule has 0 radical (unpaired) electrons. The van der Waals surface area contributed by atoms with Gasteiger partial charge in [0.05, 0.1) is 35.3 Å². The van der Waals surface area contributed by atoms with Gasteiger partial charge < -0.3 is 9.47 Å². The molecule has 0 aromatic heterocycles. The summed E-state index contributed by atoms with van der Waals surface area (Å²) in [5.74, 6) is -0.961. The van der Waals surface area contributed by atoms with E-state index < -0.39 is 21.8 Å². The maximum atomic E-state index is 14.1. The molecule has 9 heteroatoms. The smallest absolute Gasteiger partial charge is 0.343 e. The molecule has 1 aliphatic rings. The molecule has 1 fully saturated rings. The molecule has 0 amide bonds. The van der Waals surface area contributed by atoms with Crippen LogP contribution in [0, 0.1) is 17.1 Å². The summed E-state index contributed by atoms with van der Waals surface area (Å²) in [6.07, 6.45) is 1.50. The molecular formula is C26H21FN2O5S. The molecule has 1 aliphatic heterocycles. The van der Waals surface area contributed by atoms with Crippen molar-refractivity contribution in [3.8, 4) is 11.8 Å². The summed E-state index contributed by atoms with van der Waals surface area (Å²) in [6, 6.07) is 19.9. The van der Waals surface area contributed by atoms with E-state index in [1.807, 2.05) is 6.07 Å². The molecule has 0 spiro atoms. The van der Waals surface area contributed by atoms with Gasteiger partial charge in [-0.3, -0.25) is 0 Å². The van der Waals surface area contributed by atoms with E-state index in [1.165, 1.54) is 46.8 Å². The number of morpholine rings is 1. The SMILES string of the molecule is N#C/C(=C/c1cccc(OC(=O)c2ccc(S(=O)(=O)N3CCOCC3)cc2)c1)c1ccccc1F. The number of halogens is 1. The third-order valence-corrected chi connectivity index (χ3v) is 7.27. The summed E-state index contributed by atoms with van der Waals surface area (Å²) in [4.78, 5) is 12.7. The van der Waals surface area contributed by atoms with Crippen LogP contribution in [0.1, 0.15) is 21.5 Å². The highest BCUT2D eigenvalue weighted by Crippen LogP contribution is 2.23. The molecule has 4 rings (SSSR count). The van der Waals surface area contributed by atoms with Crippen molar-refractivity contribution in [3.05, 3.63) is 95.3 Å². The van der Waals surface area contributed by atoms with Gasteiger partial charge in [0.2, 0.25) is 10.0 Å². The number of benzene rings is 3. The van der Waals surface area contributed by atoms with Gasteiger partial charge in [0.15, 0.2) is 0 Å². The lowest BCUT2D eigenvalue weighted by molar-refractivity contribution is 0.0730. The first-order valence-corrected chi connectivity index (χ1v) is 12.2.